The molecule has 0 aromatic heterocycles. The van der Waals surface area contributed by atoms with Crippen molar-refractivity contribution < 1.29 is 13.2 Å². The molecule has 7 heteroatoms. The Bertz CT molecular complexity index is 503. The number of ether oxygens (including phenoxy) is 1. The number of nitrogens with one attached hydrogen (secondary N) is 1. The maximum Gasteiger partial charge on any atom is 0.244 e. The minimum Gasteiger partial charge on any atom is -0.495 e. The lowest BCUT2D eigenvalue weighted by molar-refractivity contribution is 0.402. The number of benzene rings is 1. The van der Waals surface area contributed by atoms with E-state index in [4.69, 9.17) is 10.5 Å². The first-order chi connectivity index (χ1) is 8.40. The second-order valence-corrected chi connectivity index (χ2v) is 6.82. The molecule has 1 aromatic carbocycles. The smallest absolute Gasteiger partial charge is 0.244 e. The van der Waals surface area contributed by atoms with Crippen LogP contribution in [0, 0.1) is 0 Å². The van der Waals surface area contributed by atoms with Crippen molar-refractivity contribution in [2.24, 2.45) is 0 Å². The number of rotatable bonds is 6. The fraction of sp³-hybridized carbons (Fsp3) is 0.455. The van der Waals surface area contributed by atoms with Gasteiger partial charge in [0, 0.05) is 17.5 Å². The Hall–Kier alpha value is -0.920. The van der Waals surface area contributed by atoms with Crippen molar-refractivity contribution >= 4 is 27.5 Å². The van der Waals surface area contributed by atoms with Crippen molar-refractivity contribution in [3.63, 3.8) is 0 Å². The van der Waals surface area contributed by atoms with E-state index in [1.54, 1.807) is 23.9 Å². The van der Waals surface area contributed by atoms with E-state index >= 15 is 0 Å². The average Bonchev–Trinajstić information content (AvgIpc) is 2.36. The van der Waals surface area contributed by atoms with Gasteiger partial charge in [0.25, 0.3) is 0 Å². The zero-order valence-electron chi connectivity index (χ0n) is 10.6. The van der Waals surface area contributed by atoms with E-state index in [2.05, 4.69) is 4.72 Å². The van der Waals surface area contributed by atoms with Gasteiger partial charge in [0.2, 0.25) is 10.0 Å². The standard InChI is InChI=1S/C11H18N2O3S2/c1-8(17-3)7-13-18(14,15)11-6-9(12)4-5-10(11)16-2/h4-6,8,13H,7,12H2,1-3H3. The molecule has 3 N–H and O–H groups in total. The third-order valence-corrected chi connectivity index (χ3v) is 4.86. The highest BCUT2D eigenvalue weighted by Gasteiger charge is 2.20. The zero-order chi connectivity index (χ0) is 13.8. The summed E-state index contributed by atoms with van der Waals surface area (Å²) < 4.78 is 31.8. The first-order valence-electron chi connectivity index (χ1n) is 5.36. The number of thioether (sulfide) groups is 1. The highest BCUT2D eigenvalue weighted by Crippen LogP contribution is 2.25. The summed E-state index contributed by atoms with van der Waals surface area (Å²) in [5, 5.41) is 0.201. The summed E-state index contributed by atoms with van der Waals surface area (Å²) in [7, 11) is -2.17. The second kappa shape index (κ2) is 6.31. The van der Waals surface area contributed by atoms with Crippen LogP contribution in [0.3, 0.4) is 0 Å². The summed E-state index contributed by atoms with van der Waals surface area (Å²) in [5.41, 5.74) is 5.99. The normalized spacial score (nSPS) is 13.3. The van der Waals surface area contributed by atoms with Crippen LogP contribution < -0.4 is 15.2 Å². The lowest BCUT2D eigenvalue weighted by atomic mass is 10.3. The largest absolute Gasteiger partial charge is 0.495 e. The predicted molar refractivity (Wildman–Crippen MR) is 75.6 cm³/mol. The quantitative estimate of drug-likeness (QED) is 0.772. The van der Waals surface area contributed by atoms with E-state index < -0.39 is 10.0 Å². The monoisotopic (exact) mass is 290 g/mol. The molecule has 5 nitrogen and oxygen atoms in total. The van der Waals surface area contributed by atoms with Crippen LogP contribution in [0.2, 0.25) is 0 Å². The third-order valence-electron chi connectivity index (χ3n) is 2.44. The van der Waals surface area contributed by atoms with Crippen molar-refractivity contribution in [1.82, 2.24) is 4.72 Å². The van der Waals surface area contributed by atoms with E-state index in [0.29, 0.717) is 12.2 Å². The molecule has 1 rings (SSSR count). The summed E-state index contributed by atoms with van der Waals surface area (Å²) in [6.45, 7) is 2.31. The topological polar surface area (TPSA) is 81.4 Å². The summed E-state index contributed by atoms with van der Waals surface area (Å²) in [5.74, 6) is 0.286. The van der Waals surface area contributed by atoms with E-state index in [1.165, 1.54) is 13.2 Å². The summed E-state index contributed by atoms with van der Waals surface area (Å²) in [4.78, 5) is 0.0679. The van der Waals surface area contributed by atoms with Crippen LogP contribution in [0.4, 0.5) is 5.69 Å². The molecule has 0 radical (unpaired) electrons. The fourth-order valence-electron chi connectivity index (χ4n) is 1.29. The van der Waals surface area contributed by atoms with Crippen LogP contribution in [-0.2, 0) is 10.0 Å². The minimum atomic E-state index is -3.60. The van der Waals surface area contributed by atoms with Gasteiger partial charge in [0.15, 0.2) is 0 Å². The molecule has 0 bridgehead atoms. The van der Waals surface area contributed by atoms with Gasteiger partial charge in [-0.3, -0.25) is 0 Å². The first kappa shape index (κ1) is 15.1. The minimum absolute atomic E-state index is 0.0679. The number of hydrogen-bond acceptors (Lipinski definition) is 5. The predicted octanol–water partition coefficient (Wildman–Crippen LogP) is 1.31. The summed E-state index contributed by atoms with van der Waals surface area (Å²) in [6, 6.07) is 4.54. The Labute approximate surface area is 112 Å². The number of methoxy groups -OCH3 is 1. The van der Waals surface area contributed by atoms with Gasteiger partial charge in [-0.05, 0) is 24.5 Å². The van der Waals surface area contributed by atoms with Crippen LogP contribution in [0.1, 0.15) is 6.92 Å². The van der Waals surface area contributed by atoms with Crippen molar-refractivity contribution in [2.75, 3.05) is 25.6 Å². The Kier molecular flexibility index (Phi) is 5.30. The molecule has 0 aliphatic carbocycles. The second-order valence-electron chi connectivity index (χ2n) is 3.81. The van der Waals surface area contributed by atoms with Crippen molar-refractivity contribution in [3.05, 3.63) is 18.2 Å². The molecule has 0 saturated carbocycles. The SMILES string of the molecule is COc1ccc(N)cc1S(=O)(=O)NCC(C)SC. The van der Waals surface area contributed by atoms with Crippen LogP contribution in [0.15, 0.2) is 23.1 Å². The van der Waals surface area contributed by atoms with Crippen LogP contribution in [-0.4, -0.2) is 33.6 Å². The molecule has 0 spiro atoms. The molecule has 0 aliphatic rings. The van der Waals surface area contributed by atoms with Gasteiger partial charge in [-0.15, -0.1) is 0 Å². The first-order valence-corrected chi connectivity index (χ1v) is 8.13. The van der Waals surface area contributed by atoms with E-state index in [-0.39, 0.29) is 15.9 Å². The molecular weight excluding hydrogens is 272 g/mol. The zero-order valence-corrected chi connectivity index (χ0v) is 12.3. The van der Waals surface area contributed by atoms with Crippen molar-refractivity contribution in [1.29, 1.82) is 0 Å². The molecule has 102 valence electrons. The molecular formula is C11H18N2O3S2. The molecule has 0 aliphatic heterocycles. The van der Waals surface area contributed by atoms with Crippen LogP contribution >= 0.6 is 11.8 Å². The third kappa shape index (κ3) is 3.79. The van der Waals surface area contributed by atoms with Gasteiger partial charge < -0.3 is 10.5 Å². The molecule has 1 atom stereocenters. The molecule has 0 fully saturated rings. The molecule has 18 heavy (non-hydrogen) atoms. The Balaban J connectivity index is 3.00. The Morgan fingerprint density at radius 2 is 2.17 bits per heavy atom. The van der Waals surface area contributed by atoms with Crippen LogP contribution in [0.5, 0.6) is 5.75 Å². The molecule has 0 saturated heterocycles. The molecule has 1 aromatic rings. The number of anilines is 1. The molecule has 1 unspecified atom stereocenters. The van der Waals surface area contributed by atoms with Crippen molar-refractivity contribution in [3.8, 4) is 5.75 Å². The van der Waals surface area contributed by atoms with Gasteiger partial charge in [0.05, 0.1) is 7.11 Å². The lowest BCUT2D eigenvalue weighted by Crippen LogP contribution is -2.29. The highest BCUT2D eigenvalue weighted by molar-refractivity contribution is 7.99. The van der Waals surface area contributed by atoms with E-state index in [0.717, 1.165) is 0 Å². The van der Waals surface area contributed by atoms with E-state index in [1.807, 2.05) is 13.2 Å². The van der Waals surface area contributed by atoms with Crippen molar-refractivity contribution in [2.45, 2.75) is 17.1 Å². The number of sulfonamides is 1. The average molecular weight is 290 g/mol. The molecule has 0 amide bonds. The number of nitrogens with two attached hydrogens (primary N) is 1. The summed E-state index contributed by atoms with van der Waals surface area (Å²) in [6.07, 6.45) is 1.93. The van der Waals surface area contributed by atoms with Gasteiger partial charge in [-0.1, -0.05) is 6.92 Å². The maximum atomic E-state index is 12.1. The van der Waals surface area contributed by atoms with Gasteiger partial charge in [-0.2, -0.15) is 11.8 Å². The van der Waals surface area contributed by atoms with Gasteiger partial charge >= 0.3 is 0 Å². The maximum absolute atomic E-state index is 12.1. The highest BCUT2D eigenvalue weighted by atomic mass is 32.2. The molecule has 0 heterocycles. The fourth-order valence-corrected chi connectivity index (χ4v) is 2.98. The number of nitrogen functional groups attached to an aromatic ring is 1. The Morgan fingerprint density at radius 1 is 1.50 bits per heavy atom. The summed E-state index contributed by atoms with van der Waals surface area (Å²) >= 11 is 1.59. The van der Waals surface area contributed by atoms with Crippen LogP contribution in [0.25, 0.3) is 0 Å². The van der Waals surface area contributed by atoms with E-state index in [9.17, 15) is 8.42 Å². The van der Waals surface area contributed by atoms with Gasteiger partial charge in [0.1, 0.15) is 10.6 Å². The Morgan fingerprint density at radius 3 is 2.72 bits per heavy atom. The van der Waals surface area contributed by atoms with Gasteiger partial charge in [-0.25, -0.2) is 13.1 Å². The number of hydrogen-bond donors (Lipinski definition) is 2. The lowest BCUT2D eigenvalue weighted by Gasteiger charge is -2.13.